The van der Waals surface area contributed by atoms with Gasteiger partial charge >= 0.3 is 0 Å². The van der Waals surface area contributed by atoms with E-state index in [0.717, 1.165) is 44.8 Å². The molecule has 0 radical (unpaired) electrons. The lowest BCUT2D eigenvalue weighted by atomic mass is 9.86. The monoisotopic (exact) mass is 533 g/mol. The molecule has 4 nitrogen and oxygen atoms in total. The standard InChI is InChI=1S/C25H33Cl2N3O.2ClH/c1-18-5-8-20(9-6-18)24(31)28-23(25(2,3)4)17-30-13-11-29(12-14-30)16-19-7-10-21(26)22(27)15-19;;/h5-10,15,23H,11-14,16-17H2,1-4H3,(H,28,31);2*1H. The first-order chi connectivity index (χ1) is 14.6. The van der Waals surface area contributed by atoms with Crippen molar-refractivity contribution in [2.24, 2.45) is 5.41 Å². The molecule has 1 aliphatic rings. The number of carbonyl (C=O) groups is 1. The van der Waals surface area contributed by atoms with Crippen LogP contribution in [-0.2, 0) is 6.54 Å². The molecule has 0 aliphatic carbocycles. The van der Waals surface area contributed by atoms with Crippen LogP contribution in [0.3, 0.4) is 0 Å². The number of halogens is 4. The fraction of sp³-hybridized carbons (Fsp3) is 0.480. The largest absolute Gasteiger partial charge is 0.347 e. The summed E-state index contributed by atoms with van der Waals surface area (Å²) in [6.07, 6.45) is 0. The Morgan fingerprint density at radius 1 is 0.939 bits per heavy atom. The molecule has 0 aromatic heterocycles. The van der Waals surface area contributed by atoms with Crippen LogP contribution in [0.25, 0.3) is 0 Å². The molecule has 33 heavy (non-hydrogen) atoms. The highest BCUT2D eigenvalue weighted by Crippen LogP contribution is 2.24. The summed E-state index contributed by atoms with van der Waals surface area (Å²) < 4.78 is 0. The summed E-state index contributed by atoms with van der Waals surface area (Å²) in [5, 5.41) is 4.48. The van der Waals surface area contributed by atoms with Gasteiger partial charge in [0.25, 0.3) is 5.91 Å². The van der Waals surface area contributed by atoms with Crippen LogP contribution in [0, 0.1) is 12.3 Å². The van der Waals surface area contributed by atoms with Gasteiger partial charge in [-0.25, -0.2) is 0 Å². The fourth-order valence-corrected chi connectivity index (χ4v) is 4.09. The van der Waals surface area contributed by atoms with Crippen molar-refractivity contribution in [2.75, 3.05) is 32.7 Å². The highest BCUT2D eigenvalue weighted by atomic mass is 35.5. The average Bonchev–Trinajstić information content (AvgIpc) is 2.71. The number of benzene rings is 2. The second-order valence-corrected chi connectivity index (χ2v) is 10.4. The van der Waals surface area contributed by atoms with E-state index in [1.807, 2.05) is 49.4 Å². The van der Waals surface area contributed by atoms with Gasteiger partial charge in [0, 0.05) is 50.9 Å². The van der Waals surface area contributed by atoms with E-state index < -0.39 is 0 Å². The minimum absolute atomic E-state index is 0. The van der Waals surface area contributed by atoms with Crippen LogP contribution in [0.15, 0.2) is 42.5 Å². The molecule has 2 aromatic carbocycles. The Balaban J connectivity index is 0.00000272. The molecule has 1 aliphatic heterocycles. The molecule has 184 valence electrons. The maximum absolute atomic E-state index is 12.8. The molecule has 1 fully saturated rings. The Morgan fingerprint density at radius 2 is 1.52 bits per heavy atom. The molecule has 1 atom stereocenters. The van der Waals surface area contributed by atoms with E-state index in [4.69, 9.17) is 23.2 Å². The van der Waals surface area contributed by atoms with Crippen molar-refractivity contribution in [3.8, 4) is 0 Å². The number of amides is 1. The van der Waals surface area contributed by atoms with Crippen LogP contribution >= 0.6 is 48.0 Å². The van der Waals surface area contributed by atoms with Crippen molar-refractivity contribution in [1.82, 2.24) is 15.1 Å². The molecule has 1 heterocycles. The second kappa shape index (κ2) is 13.2. The van der Waals surface area contributed by atoms with E-state index in [0.29, 0.717) is 15.6 Å². The SMILES string of the molecule is Cc1ccc(C(=O)NC(CN2CCN(Cc3ccc(Cl)c(Cl)c3)CC2)C(C)(C)C)cc1.Cl.Cl. The van der Waals surface area contributed by atoms with Crippen LogP contribution in [0.5, 0.6) is 0 Å². The molecule has 1 amide bonds. The third-order valence-electron chi connectivity index (χ3n) is 5.96. The zero-order chi connectivity index (χ0) is 22.6. The van der Waals surface area contributed by atoms with Crippen LogP contribution < -0.4 is 5.32 Å². The number of carbonyl (C=O) groups excluding carboxylic acids is 1. The lowest BCUT2D eigenvalue weighted by Gasteiger charge is -2.40. The summed E-state index contributed by atoms with van der Waals surface area (Å²) in [7, 11) is 0. The van der Waals surface area contributed by atoms with Gasteiger partial charge in [0.2, 0.25) is 0 Å². The lowest BCUT2D eigenvalue weighted by Crippen LogP contribution is -2.54. The molecular formula is C25H35Cl4N3O. The maximum atomic E-state index is 12.8. The number of aryl methyl sites for hydroxylation is 1. The molecule has 0 spiro atoms. The summed E-state index contributed by atoms with van der Waals surface area (Å²) in [5.41, 5.74) is 3.02. The normalized spacial score (nSPS) is 15.8. The van der Waals surface area contributed by atoms with Gasteiger partial charge in [-0.3, -0.25) is 14.6 Å². The lowest BCUT2D eigenvalue weighted by molar-refractivity contribution is 0.0790. The first kappa shape index (κ1) is 30.0. The van der Waals surface area contributed by atoms with E-state index in [1.165, 1.54) is 5.56 Å². The van der Waals surface area contributed by atoms with Crippen molar-refractivity contribution in [2.45, 2.75) is 40.3 Å². The fourth-order valence-electron chi connectivity index (χ4n) is 3.77. The van der Waals surface area contributed by atoms with Gasteiger partial charge in [-0.15, -0.1) is 24.8 Å². The highest BCUT2D eigenvalue weighted by Gasteiger charge is 2.30. The predicted octanol–water partition coefficient (Wildman–Crippen LogP) is 6.11. The maximum Gasteiger partial charge on any atom is 0.251 e. The van der Waals surface area contributed by atoms with E-state index in [1.54, 1.807) is 0 Å². The summed E-state index contributed by atoms with van der Waals surface area (Å²) in [6, 6.07) is 13.7. The zero-order valence-electron chi connectivity index (χ0n) is 19.7. The number of hydrogen-bond donors (Lipinski definition) is 1. The first-order valence-electron chi connectivity index (χ1n) is 10.9. The van der Waals surface area contributed by atoms with Crippen molar-refractivity contribution in [3.63, 3.8) is 0 Å². The van der Waals surface area contributed by atoms with Crippen LogP contribution in [0.2, 0.25) is 10.0 Å². The van der Waals surface area contributed by atoms with Gasteiger partial charge in [0.15, 0.2) is 0 Å². The van der Waals surface area contributed by atoms with Crippen molar-refractivity contribution in [3.05, 3.63) is 69.2 Å². The Hall–Kier alpha value is -1.01. The Bertz CT molecular complexity index is 892. The van der Waals surface area contributed by atoms with Crippen LogP contribution in [0.4, 0.5) is 0 Å². The Labute approximate surface area is 220 Å². The van der Waals surface area contributed by atoms with Gasteiger partial charge in [0.05, 0.1) is 10.0 Å². The van der Waals surface area contributed by atoms with Crippen molar-refractivity contribution < 1.29 is 4.79 Å². The molecule has 8 heteroatoms. The number of hydrogen-bond acceptors (Lipinski definition) is 3. The molecule has 2 aromatic rings. The molecular weight excluding hydrogens is 500 g/mol. The predicted molar refractivity (Wildman–Crippen MR) is 145 cm³/mol. The summed E-state index contributed by atoms with van der Waals surface area (Å²) in [4.78, 5) is 17.7. The molecule has 1 saturated heterocycles. The van der Waals surface area contributed by atoms with Crippen LogP contribution in [-0.4, -0.2) is 54.5 Å². The Morgan fingerprint density at radius 3 is 2.06 bits per heavy atom. The summed E-state index contributed by atoms with van der Waals surface area (Å²) in [6.45, 7) is 14.3. The molecule has 0 saturated carbocycles. The van der Waals surface area contributed by atoms with E-state index in [9.17, 15) is 4.79 Å². The zero-order valence-corrected chi connectivity index (χ0v) is 22.9. The van der Waals surface area contributed by atoms with Gasteiger partial charge in [0.1, 0.15) is 0 Å². The molecule has 1 N–H and O–H groups in total. The third kappa shape index (κ3) is 8.93. The highest BCUT2D eigenvalue weighted by molar-refractivity contribution is 6.42. The quantitative estimate of drug-likeness (QED) is 0.485. The first-order valence-corrected chi connectivity index (χ1v) is 11.6. The van der Waals surface area contributed by atoms with E-state index >= 15 is 0 Å². The Kier molecular flexibility index (Phi) is 12.0. The minimum atomic E-state index is -0.0302. The topological polar surface area (TPSA) is 35.6 Å². The average molecular weight is 535 g/mol. The summed E-state index contributed by atoms with van der Waals surface area (Å²) >= 11 is 12.2. The molecule has 1 unspecified atom stereocenters. The third-order valence-corrected chi connectivity index (χ3v) is 6.70. The van der Waals surface area contributed by atoms with Crippen molar-refractivity contribution >= 4 is 53.9 Å². The number of piperazine rings is 1. The van der Waals surface area contributed by atoms with Gasteiger partial charge in [-0.2, -0.15) is 0 Å². The van der Waals surface area contributed by atoms with Crippen molar-refractivity contribution in [1.29, 1.82) is 0 Å². The van der Waals surface area contributed by atoms with E-state index in [2.05, 4.69) is 35.9 Å². The van der Waals surface area contributed by atoms with Crippen LogP contribution in [0.1, 0.15) is 42.3 Å². The number of nitrogens with zero attached hydrogens (tertiary/aromatic N) is 2. The molecule has 3 rings (SSSR count). The number of rotatable bonds is 6. The minimum Gasteiger partial charge on any atom is -0.347 e. The number of nitrogens with one attached hydrogen (secondary N) is 1. The van der Waals surface area contributed by atoms with Gasteiger partial charge in [-0.05, 0) is 42.2 Å². The second-order valence-electron chi connectivity index (χ2n) is 9.58. The van der Waals surface area contributed by atoms with E-state index in [-0.39, 0.29) is 42.2 Å². The smallest absolute Gasteiger partial charge is 0.251 e. The summed E-state index contributed by atoms with van der Waals surface area (Å²) in [5.74, 6) is -0.00169. The van der Waals surface area contributed by atoms with Gasteiger partial charge in [-0.1, -0.05) is 67.7 Å². The molecule has 0 bridgehead atoms. The van der Waals surface area contributed by atoms with Gasteiger partial charge < -0.3 is 5.32 Å².